The van der Waals surface area contributed by atoms with E-state index < -0.39 is 17.6 Å². The van der Waals surface area contributed by atoms with Crippen LogP contribution in [-0.4, -0.2) is 53.4 Å². The quantitative estimate of drug-likeness (QED) is 0.247. The molecule has 0 bridgehead atoms. The minimum absolute atomic E-state index is 0.209. The van der Waals surface area contributed by atoms with Gasteiger partial charge in [-0.15, -0.1) is 10.2 Å². The summed E-state index contributed by atoms with van der Waals surface area (Å²) in [5, 5.41) is 18.1. The van der Waals surface area contributed by atoms with Crippen LogP contribution in [0.1, 0.15) is 58.8 Å². The Hall–Kier alpha value is -4.48. The zero-order valence-corrected chi connectivity index (χ0v) is 25.0. The first-order chi connectivity index (χ1) is 21.2. The number of ether oxygens (including phenoxy) is 2. The van der Waals surface area contributed by atoms with Gasteiger partial charge < -0.3 is 23.7 Å². The Balaban J connectivity index is 1.10. The van der Waals surface area contributed by atoms with Gasteiger partial charge in [-0.1, -0.05) is 23.7 Å². The molecular formula is C32H30ClFN6O4. The third kappa shape index (κ3) is 5.05. The Labute approximate surface area is 257 Å². The minimum Gasteiger partial charge on any atom is -0.478 e. The monoisotopic (exact) mass is 616 g/mol. The summed E-state index contributed by atoms with van der Waals surface area (Å²) in [4.78, 5) is 19.0. The van der Waals surface area contributed by atoms with Crippen LogP contribution in [0.15, 0.2) is 60.9 Å². The molecule has 5 aromatic rings. The van der Waals surface area contributed by atoms with Crippen molar-refractivity contribution in [2.45, 2.75) is 44.6 Å². The van der Waals surface area contributed by atoms with Gasteiger partial charge in [-0.3, -0.25) is 4.90 Å². The van der Waals surface area contributed by atoms with Crippen LogP contribution in [0, 0.1) is 5.82 Å². The number of fused-ring (bicyclic) bond motifs is 2. The zero-order chi connectivity index (χ0) is 30.6. The van der Waals surface area contributed by atoms with Gasteiger partial charge >= 0.3 is 5.97 Å². The molecule has 2 aliphatic rings. The number of rotatable bonds is 7. The molecule has 10 nitrogen and oxygen atoms in total. The highest BCUT2D eigenvalue weighted by Gasteiger charge is 2.43. The fourth-order valence-electron chi connectivity index (χ4n) is 6.23. The average Bonchev–Trinajstić information content (AvgIpc) is 3.67. The van der Waals surface area contributed by atoms with E-state index in [1.807, 2.05) is 28.3 Å². The standard InChI is InChI=1S/C32H30ClFN6O4/c1-32(23-8-7-21(33)15-24(23)34)43-27-5-3-4-22(30(27)44-32)19-10-12-39(13-11-19)16-28-36-25-9-6-20(31(41)42)14-26(25)40(28)17-29-37-35-18-38(29)2/h3-9,14-15,18-19H,10-13,16-17H2,1-2H3,(H,41,42). The number of likely N-dealkylation sites (tertiary alicyclic amines) is 1. The van der Waals surface area contributed by atoms with Crippen LogP contribution >= 0.6 is 11.6 Å². The van der Waals surface area contributed by atoms with Gasteiger partial charge in [0.2, 0.25) is 0 Å². The summed E-state index contributed by atoms with van der Waals surface area (Å²) in [6.07, 6.45) is 3.42. The van der Waals surface area contributed by atoms with Crippen molar-refractivity contribution < 1.29 is 23.8 Å². The van der Waals surface area contributed by atoms with Crippen LogP contribution in [-0.2, 0) is 25.9 Å². The lowest BCUT2D eigenvalue weighted by molar-refractivity contribution is -0.0712. The smallest absolute Gasteiger partial charge is 0.335 e. The maximum atomic E-state index is 14.8. The Kier molecular flexibility index (Phi) is 7.01. The van der Waals surface area contributed by atoms with Gasteiger partial charge in [-0.2, -0.15) is 0 Å². The van der Waals surface area contributed by atoms with Crippen LogP contribution in [0.2, 0.25) is 5.02 Å². The second-order valence-electron chi connectivity index (χ2n) is 11.5. The number of benzene rings is 3. The molecule has 4 heterocycles. The highest BCUT2D eigenvalue weighted by atomic mass is 35.5. The molecule has 0 amide bonds. The van der Waals surface area contributed by atoms with Gasteiger partial charge in [0.1, 0.15) is 18.0 Å². The normalized spacial score (nSPS) is 18.7. The van der Waals surface area contributed by atoms with Crippen molar-refractivity contribution in [3.8, 4) is 11.5 Å². The van der Waals surface area contributed by atoms with Crippen molar-refractivity contribution in [2.24, 2.45) is 7.05 Å². The third-order valence-corrected chi connectivity index (χ3v) is 8.84. The Bertz CT molecular complexity index is 1900. The van der Waals surface area contributed by atoms with E-state index >= 15 is 0 Å². The number of carbonyl (C=O) groups is 1. The lowest BCUT2D eigenvalue weighted by atomic mass is 9.88. The first-order valence-electron chi connectivity index (χ1n) is 14.4. The Morgan fingerprint density at radius 1 is 1.09 bits per heavy atom. The largest absolute Gasteiger partial charge is 0.478 e. The second kappa shape index (κ2) is 10.9. The fourth-order valence-corrected chi connectivity index (χ4v) is 6.39. The van der Waals surface area contributed by atoms with Crippen molar-refractivity contribution >= 4 is 28.6 Å². The van der Waals surface area contributed by atoms with E-state index in [2.05, 4.69) is 21.2 Å². The zero-order valence-electron chi connectivity index (χ0n) is 24.2. The minimum atomic E-state index is -1.30. The second-order valence-corrected chi connectivity index (χ2v) is 11.9. The molecule has 44 heavy (non-hydrogen) atoms. The number of carboxylic acids is 1. The van der Waals surface area contributed by atoms with Crippen LogP contribution in [0.25, 0.3) is 11.0 Å². The summed E-state index contributed by atoms with van der Waals surface area (Å²) in [6.45, 7) is 4.39. The van der Waals surface area contributed by atoms with Crippen molar-refractivity contribution in [3.05, 3.63) is 100 Å². The molecule has 1 N–H and O–H groups in total. The molecule has 1 unspecified atom stereocenters. The highest BCUT2D eigenvalue weighted by molar-refractivity contribution is 6.30. The van der Waals surface area contributed by atoms with Crippen molar-refractivity contribution in [2.75, 3.05) is 13.1 Å². The highest BCUT2D eigenvalue weighted by Crippen LogP contribution is 2.49. The molecule has 0 radical (unpaired) electrons. The maximum Gasteiger partial charge on any atom is 0.335 e. The van der Waals surface area contributed by atoms with Gasteiger partial charge in [0.15, 0.2) is 17.3 Å². The Morgan fingerprint density at radius 3 is 2.64 bits per heavy atom. The molecule has 2 aliphatic heterocycles. The summed E-state index contributed by atoms with van der Waals surface area (Å²) in [7, 11) is 1.88. The summed E-state index contributed by atoms with van der Waals surface area (Å²) in [5.41, 5.74) is 3.03. The molecule has 7 rings (SSSR count). The molecule has 3 aromatic carbocycles. The summed E-state index contributed by atoms with van der Waals surface area (Å²) in [6, 6.07) is 15.4. The lowest BCUT2D eigenvalue weighted by Crippen LogP contribution is -2.34. The number of hydrogen-bond acceptors (Lipinski definition) is 7. The maximum absolute atomic E-state index is 14.8. The van der Waals surface area contributed by atoms with Crippen LogP contribution < -0.4 is 9.47 Å². The molecular weight excluding hydrogens is 587 g/mol. The number of halogens is 2. The first kappa shape index (κ1) is 28.3. The van der Waals surface area contributed by atoms with E-state index in [1.54, 1.807) is 43.6 Å². The summed E-state index contributed by atoms with van der Waals surface area (Å²) >= 11 is 5.97. The fraction of sp³-hybridized carbons (Fsp3) is 0.312. The first-order valence-corrected chi connectivity index (χ1v) is 14.8. The summed E-state index contributed by atoms with van der Waals surface area (Å²) < 4.78 is 31.2. The molecule has 1 atom stereocenters. The number of carboxylic acid groups (broad SMARTS) is 1. The lowest BCUT2D eigenvalue weighted by Gasteiger charge is -2.32. The molecule has 1 saturated heterocycles. The van der Waals surface area contributed by atoms with E-state index in [0.717, 1.165) is 54.2 Å². The number of para-hydroxylation sites is 1. The molecule has 1 fully saturated rings. The van der Waals surface area contributed by atoms with Gasteiger partial charge in [-0.25, -0.2) is 14.2 Å². The third-order valence-electron chi connectivity index (χ3n) is 8.60. The van der Waals surface area contributed by atoms with Crippen molar-refractivity contribution in [1.82, 2.24) is 29.2 Å². The molecule has 0 aliphatic carbocycles. The number of hydrogen-bond donors (Lipinski definition) is 1. The van der Waals surface area contributed by atoms with Crippen LogP contribution in [0.3, 0.4) is 0 Å². The molecule has 0 spiro atoms. The molecule has 12 heteroatoms. The number of piperidine rings is 1. The molecule has 226 valence electrons. The molecule has 0 saturated carbocycles. The molecule has 2 aromatic heterocycles. The van der Waals surface area contributed by atoms with E-state index in [4.69, 9.17) is 26.1 Å². The van der Waals surface area contributed by atoms with Gasteiger partial charge in [0.05, 0.1) is 35.2 Å². The topological polar surface area (TPSA) is 108 Å². The van der Waals surface area contributed by atoms with E-state index in [9.17, 15) is 14.3 Å². The number of aryl methyl sites for hydroxylation is 1. The van der Waals surface area contributed by atoms with E-state index in [0.29, 0.717) is 35.2 Å². The summed E-state index contributed by atoms with van der Waals surface area (Å²) in [5.74, 6) is 0.309. The predicted octanol–water partition coefficient (Wildman–Crippen LogP) is 5.73. The SMILES string of the molecule is Cn1cnnc1Cn1c(CN2CCC(c3cccc4c3OC(C)(c3ccc(Cl)cc3F)O4)CC2)nc2ccc(C(=O)O)cc21. The van der Waals surface area contributed by atoms with Gasteiger partial charge in [0, 0.05) is 24.6 Å². The average molecular weight is 617 g/mol. The van der Waals surface area contributed by atoms with E-state index in [1.165, 1.54) is 6.07 Å². The van der Waals surface area contributed by atoms with Gasteiger partial charge in [0.25, 0.3) is 5.79 Å². The predicted molar refractivity (Wildman–Crippen MR) is 161 cm³/mol. The number of imidazole rings is 1. The van der Waals surface area contributed by atoms with Crippen LogP contribution in [0.5, 0.6) is 11.5 Å². The number of aromatic carboxylic acids is 1. The van der Waals surface area contributed by atoms with E-state index in [-0.39, 0.29) is 11.5 Å². The Morgan fingerprint density at radius 2 is 1.91 bits per heavy atom. The van der Waals surface area contributed by atoms with Gasteiger partial charge in [-0.05, 0) is 74.3 Å². The van der Waals surface area contributed by atoms with Crippen molar-refractivity contribution in [3.63, 3.8) is 0 Å². The number of aromatic nitrogens is 5. The van der Waals surface area contributed by atoms with Crippen LogP contribution in [0.4, 0.5) is 4.39 Å². The van der Waals surface area contributed by atoms with Crippen molar-refractivity contribution in [1.29, 1.82) is 0 Å². The number of nitrogens with zero attached hydrogens (tertiary/aromatic N) is 6.